The molecule has 14 heavy (non-hydrogen) atoms. The standard InChI is InChI=1S/C10H10ClFN2/c1-5(2)10-13-7-4-3-6(11)8(12)9(7)14-10/h3-5H,1-2H3,(H,13,14). The molecule has 1 heterocycles. The van der Waals surface area contributed by atoms with Gasteiger partial charge in [-0.3, -0.25) is 0 Å². The smallest absolute Gasteiger partial charge is 0.169 e. The van der Waals surface area contributed by atoms with Gasteiger partial charge in [-0.25, -0.2) is 9.37 Å². The van der Waals surface area contributed by atoms with E-state index in [4.69, 9.17) is 11.6 Å². The Balaban J connectivity index is 2.71. The summed E-state index contributed by atoms with van der Waals surface area (Å²) < 4.78 is 13.5. The van der Waals surface area contributed by atoms with E-state index >= 15 is 0 Å². The Hall–Kier alpha value is -1.09. The van der Waals surface area contributed by atoms with Gasteiger partial charge in [0.25, 0.3) is 0 Å². The van der Waals surface area contributed by atoms with Crippen molar-refractivity contribution in [2.24, 2.45) is 0 Å². The van der Waals surface area contributed by atoms with Crippen molar-refractivity contribution in [2.45, 2.75) is 19.8 Å². The fraction of sp³-hybridized carbons (Fsp3) is 0.300. The zero-order valence-corrected chi connectivity index (χ0v) is 8.69. The molecule has 4 heteroatoms. The van der Waals surface area contributed by atoms with Crippen LogP contribution in [0.2, 0.25) is 5.02 Å². The van der Waals surface area contributed by atoms with Gasteiger partial charge in [0.05, 0.1) is 10.5 Å². The van der Waals surface area contributed by atoms with Crippen molar-refractivity contribution in [3.8, 4) is 0 Å². The third-order valence-electron chi connectivity index (χ3n) is 2.11. The fourth-order valence-corrected chi connectivity index (χ4v) is 1.46. The maximum Gasteiger partial charge on any atom is 0.169 e. The molecule has 0 fully saturated rings. The minimum absolute atomic E-state index is 0.110. The summed E-state index contributed by atoms with van der Waals surface area (Å²) in [6.45, 7) is 3.99. The van der Waals surface area contributed by atoms with E-state index < -0.39 is 5.82 Å². The molecule has 0 atom stereocenters. The van der Waals surface area contributed by atoms with Crippen molar-refractivity contribution in [1.82, 2.24) is 9.97 Å². The molecule has 0 radical (unpaired) electrons. The molecule has 0 aliphatic rings. The number of nitrogens with one attached hydrogen (secondary N) is 1. The lowest BCUT2D eigenvalue weighted by molar-refractivity contribution is 0.637. The molecule has 2 aromatic rings. The summed E-state index contributed by atoms with van der Waals surface area (Å²) in [7, 11) is 0. The van der Waals surface area contributed by atoms with E-state index in [2.05, 4.69) is 9.97 Å². The van der Waals surface area contributed by atoms with Gasteiger partial charge >= 0.3 is 0 Å². The summed E-state index contributed by atoms with van der Waals surface area (Å²) in [6.07, 6.45) is 0. The van der Waals surface area contributed by atoms with Gasteiger partial charge in [-0.2, -0.15) is 0 Å². The highest BCUT2D eigenvalue weighted by molar-refractivity contribution is 6.31. The second-order valence-electron chi connectivity index (χ2n) is 3.53. The first-order valence-corrected chi connectivity index (χ1v) is 4.81. The summed E-state index contributed by atoms with van der Waals surface area (Å²) in [5.41, 5.74) is 1.01. The topological polar surface area (TPSA) is 28.7 Å². The number of imidazole rings is 1. The van der Waals surface area contributed by atoms with Crippen LogP contribution in [0.1, 0.15) is 25.6 Å². The number of hydrogen-bond donors (Lipinski definition) is 1. The molecule has 1 aromatic heterocycles. The van der Waals surface area contributed by atoms with Crippen LogP contribution in [0.15, 0.2) is 12.1 Å². The van der Waals surface area contributed by atoms with Crippen molar-refractivity contribution in [3.63, 3.8) is 0 Å². The van der Waals surface area contributed by atoms with Gasteiger partial charge in [-0.05, 0) is 12.1 Å². The van der Waals surface area contributed by atoms with Gasteiger partial charge in [0.2, 0.25) is 0 Å². The normalized spacial score (nSPS) is 11.5. The Bertz CT molecular complexity index is 476. The van der Waals surface area contributed by atoms with Crippen LogP contribution in [0, 0.1) is 5.82 Å². The zero-order chi connectivity index (χ0) is 10.3. The highest BCUT2D eigenvalue weighted by Crippen LogP contribution is 2.24. The second kappa shape index (κ2) is 3.24. The van der Waals surface area contributed by atoms with Gasteiger partial charge in [-0.15, -0.1) is 0 Å². The Kier molecular flexibility index (Phi) is 2.19. The molecule has 2 rings (SSSR count). The Labute approximate surface area is 86.1 Å². The monoisotopic (exact) mass is 212 g/mol. The van der Waals surface area contributed by atoms with Crippen molar-refractivity contribution >= 4 is 22.6 Å². The average Bonchev–Trinajstić information content (AvgIpc) is 2.56. The number of benzene rings is 1. The van der Waals surface area contributed by atoms with Gasteiger partial charge in [0, 0.05) is 5.92 Å². The number of fused-ring (bicyclic) bond motifs is 1. The first-order valence-electron chi connectivity index (χ1n) is 4.43. The Morgan fingerprint density at radius 1 is 1.43 bits per heavy atom. The summed E-state index contributed by atoms with van der Waals surface area (Å²) in [5.74, 6) is 0.578. The molecule has 2 nitrogen and oxygen atoms in total. The number of hydrogen-bond acceptors (Lipinski definition) is 1. The van der Waals surface area contributed by atoms with Crippen LogP contribution in [0.25, 0.3) is 11.0 Å². The molecule has 0 saturated carbocycles. The summed E-state index contributed by atoms with van der Waals surface area (Å²) in [4.78, 5) is 7.21. The summed E-state index contributed by atoms with van der Waals surface area (Å²) in [5, 5.41) is 0.110. The zero-order valence-electron chi connectivity index (χ0n) is 7.94. The molecule has 1 aromatic carbocycles. The molecular weight excluding hydrogens is 203 g/mol. The number of halogens is 2. The quantitative estimate of drug-likeness (QED) is 0.770. The van der Waals surface area contributed by atoms with Crippen LogP contribution < -0.4 is 0 Å². The van der Waals surface area contributed by atoms with E-state index in [1.54, 1.807) is 6.07 Å². The molecular formula is C10H10ClFN2. The molecule has 0 amide bonds. The lowest BCUT2D eigenvalue weighted by Crippen LogP contribution is -1.88. The maximum atomic E-state index is 13.5. The summed E-state index contributed by atoms with van der Waals surface area (Å²) >= 11 is 5.65. The van der Waals surface area contributed by atoms with E-state index in [9.17, 15) is 4.39 Å². The van der Waals surface area contributed by atoms with E-state index in [0.717, 1.165) is 5.82 Å². The first-order chi connectivity index (χ1) is 6.59. The van der Waals surface area contributed by atoms with Crippen LogP contribution in [-0.2, 0) is 0 Å². The van der Waals surface area contributed by atoms with E-state index in [1.807, 2.05) is 13.8 Å². The van der Waals surface area contributed by atoms with E-state index in [1.165, 1.54) is 6.07 Å². The van der Waals surface area contributed by atoms with Gasteiger partial charge < -0.3 is 4.98 Å². The predicted octanol–water partition coefficient (Wildman–Crippen LogP) is 3.48. The molecule has 1 N–H and O–H groups in total. The number of aromatic nitrogens is 2. The van der Waals surface area contributed by atoms with Crippen LogP contribution in [-0.4, -0.2) is 9.97 Å². The maximum absolute atomic E-state index is 13.5. The van der Waals surface area contributed by atoms with Gasteiger partial charge in [-0.1, -0.05) is 25.4 Å². The molecule has 0 unspecified atom stereocenters. The number of nitrogens with zero attached hydrogens (tertiary/aromatic N) is 1. The van der Waals surface area contributed by atoms with Crippen LogP contribution in [0.4, 0.5) is 4.39 Å². The van der Waals surface area contributed by atoms with Gasteiger partial charge in [0.1, 0.15) is 11.3 Å². The Morgan fingerprint density at radius 2 is 2.14 bits per heavy atom. The molecule has 74 valence electrons. The molecule has 0 saturated heterocycles. The molecule has 0 bridgehead atoms. The van der Waals surface area contributed by atoms with E-state index in [-0.39, 0.29) is 10.9 Å². The van der Waals surface area contributed by atoms with Crippen molar-refractivity contribution < 1.29 is 4.39 Å². The van der Waals surface area contributed by atoms with Crippen LogP contribution in [0.3, 0.4) is 0 Å². The lowest BCUT2D eigenvalue weighted by Gasteiger charge is -1.95. The predicted molar refractivity (Wildman–Crippen MR) is 55.2 cm³/mol. The highest BCUT2D eigenvalue weighted by atomic mass is 35.5. The molecule has 0 aliphatic heterocycles. The van der Waals surface area contributed by atoms with Crippen molar-refractivity contribution in [1.29, 1.82) is 0 Å². The van der Waals surface area contributed by atoms with Gasteiger partial charge in [0.15, 0.2) is 5.82 Å². The SMILES string of the molecule is CC(C)c1nc2c(F)c(Cl)ccc2[nH]1. The average molecular weight is 213 g/mol. The highest BCUT2D eigenvalue weighted by Gasteiger charge is 2.11. The second-order valence-corrected chi connectivity index (χ2v) is 3.94. The minimum atomic E-state index is -0.452. The third-order valence-corrected chi connectivity index (χ3v) is 2.40. The largest absolute Gasteiger partial charge is 0.342 e. The van der Waals surface area contributed by atoms with Crippen LogP contribution in [0.5, 0.6) is 0 Å². The van der Waals surface area contributed by atoms with Crippen molar-refractivity contribution in [2.75, 3.05) is 0 Å². The van der Waals surface area contributed by atoms with Crippen LogP contribution >= 0.6 is 11.6 Å². The summed E-state index contributed by atoms with van der Waals surface area (Å²) in [6, 6.07) is 3.27. The third kappa shape index (κ3) is 1.38. The molecule has 0 aliphatic carbocycles. The Morgan fingerprint density at radius 3 is 2.79 bits per heavy atom. The fourth-order valence-electron chi connectivity index (χ4n) is 1.31. The minimum Gasteiger partial charge on any atom is -0.342 e. The lowest BCUT2D eigenvalue weighted by atomic mass is 10.2. The van der Waals surface area contributed by atoms with Crippen molar-refractivity contribution in [3.05, 3.63) is 28.8 Å². The van der Waals surface area contributed by atoms with E-state index in [0.29, 0.717) is 11.0 Å². The number of rotatable bonds is 1. The number of aromatic amines is 1. The number of H-pyrrole nitrogens is 1. The molecule has 0 spiro atoms. The first kappa shape index (κ1) is 9.46.